The van der Waals surface area contributed by atoms with E-state index in [2.05, 4.69) is 5.10 Å². The summed E-state index contributed by atoms with van der Waals surface area (Å²) in [4.78, 5) is 0. The van der Waals surface area contributed by atoms with E-state index in [0.29, 0.717) is 19.6 Å². The van der Waals surface area contributed by atoms with Gasteiger partial charge in [-0.25, -0.2) is 21.2 Å². The van der Waals surface area contributed by atoms with Crippen LogP contribution < -0.4 is 3.71 Å². The quantitative estimate of drug-likeness (QED) is 0.578. The number of nitrogens with zero attached hydrogens (tertiary/aromatic N) is 3. The molecule has 174 valence electrons. The topological polar surface area (TPSA) is 89.3 Å². The number of sulfonamides is 2. The fourth-order valence-corrected chi connectivity index (χ4v) is 6.09. The number of hydrogen-bond acceptors (Lipinski definition) is 5. The van der Waals surface area contributed by atoms with Crippen LogP contribution in [0, 0.1) is 5.82 Å². The van der Waals surface area contributed by atoms with Crippen molar-refractivity contribution < 1.29 is 47.6 Å². The Kier molecular flexibility index (Phi) is 6.10. The maximum atomic E-state index is 14.5. The summed E-state index contributed by atoms with van der Waals surface area (Å²) in [5.41, 5.74) is -8.39. The Bertz CT molecular complexity index is 1220. The lowest BCUT2D eigenvalue weighted by atomic mass is 10.0. The molecule has 0 saturated heterocycles. The molecule has 0 atom stereocenters. The third-order valence-electron chi connectivity index (χ3n) is 3.69. The molecule has 0 saturated carbocycles. The van der Waals surface area contributed by atoms with Crippen molar-refractivity contribution in [1.82, 2.24) is 9.78 Å². The summed E-state index contributed by atoms with van der Waals surface area (Å²) >= 11 is 5.70. The molecule has 1 aromatic heterocycles. The van der Waals surface area contributed by atoms with Gasteiger partial charge >= 0.3 is 12.4 Å². The Morgan fingerprint density at radius 3 is 1.84 bits per heavy atom. The fourth-order valence-electron chi connectivity index (χ4n) is 2.77. The zero-order valence-electron chi connectivity index (χ0n) is 15.5. The lowest BCUT2D eigenvalue weighted by Crippen LogP contribution is -2.35. The fraction of sp³-hybridized carbons (Fsp3) is 0.357. The summed E-state index contributed by atoms with van der Waals surface area (Å²) < 4.78 is 142. The highest BCUT2D eigenvalue weighted by Gasteiger charge is 2.49. The third-order valence-corrected chi connectivity index (χ3v) is 7.22. The molecule has 0 bridgehead atoms. The van der Waals surface area contributed by atoms with Crippen LogP contribution in [0.15, 0.2) is 12.1 Å². The Balaban J connectivity index is 3.01. The smallest absolute Gasteiger partial charge is 0.262 e. The predicted octanol–water partition coefficient (Wildman–Crippen LogP) is 3.64. The van der Waals surface area contributed by atoms with Crippen molar-refractivity contribution >= 4 is 37.3 Å². The van der Waals surface area contributed by atoms with E-state index in [4.69, 9.17) is 11.6 Å². The van der Waals surface area contributed by atoms with Crippen molar-refractivity contribution in [1.29, 1.82) is 0 Å². The van der Waals surface area contributed by atoms with E-state index in [1.165, 1.54) is 0 Å². The van der Waals surface area contributed by atoms with E-state index in [9.17, 15) is 47.6 Å². The lowest BCUT2D eigenvalue weighted by Gasteiger charge is -2.22. The molecule has 0 amide bonds. The number of rotatable bonds is 4. The Labute approximate surface area is 176 Å². The first-order chi connectivity index (χ1) is 13.7. The monoisotopic (exact) mass is 517 g/mol. The summed E-state index contributed by atoms with van der Waals surface area (Å²) in [6.45, 7) is 0. The van der Waals surface area contributed by atoms with Crippen molar-refractivity contribution in [2.24, 2.45) is 7.05 Å². The van der Waals surface area contributed by atoms with E-state index >= 15 is 0 Å². The Hall–Kier alpha value is -2.07. The molecule has 0 aliphatic heterocycles. The molecule has 1 heterocycles. The van der Waals surface area contributed by atoms with Crippen LogP contribution in [0.4, 0.5) is 36.4 Å². The van der Waals surface area contributed by atoms with E-state index in [-0.39, 0.29) is 20.5 Å². The number of halogens is 8. The second-order valence-corrected chi connectivity index (χ2v) is 10.5. The molecule has 1 aromatic carbocycles. The normalized spacial score (nSPS) is 13.5. The highest BCUT2D eigenvalue weighted by Crippen LogP contribution is 2.46. The minimum absolute atomic E-state index is 0.170. The largest absolute Gasteiger partial charge is 0.433 e. The van der Waals surface area contributed by atoms with Crippen molar-refractivity contribution in [3.63, 3.8) is 0 Å². The summed E-state index contributed by atoms with van der Waals surface area (Å²) in [5, 5.41) is 2.26. The maximum absolute atomic E-state index is 14.5. The highest BCUT2D eigenvalue weighted by atomic mass is 35.5. The van der Waals surface area contributed by atoms with E-state index in [1.807, 2.05) is 0 Å². The van der Waals surface area contributed by atoms with Gasteiger partial charge in [-0.3, -0.25) is 4.68 Å². The molecule has 0 aliphatic rings. The van der Waals surface area contributed by atoms with Gasteiger partial charge in [-0.05, 0) is 12.1 Å². The minimum Gasteiger partial charge on any atom is -0.262 e. The van der Waals surface area contributed by atoms with Crippen LogP contribution in [0.5, 0.6) is 0 Å². The molecule has 0 aliphatic carbocycles. The average Bonchev–Trinajstić information content (AvgIpc) is 2.84. The zero-order valence-corrected chi connectivity index (χ0v) is 17.9. The molecule has 2 aromatic rings. The van der Waals surface area contributed by atoms with Crippen molar-refractivity contribution in [3.05, 3.63) is 34.2 Å². The van der Waals surface area contributed by atoms with Crippen LogP contribution in [0.2, 0.25) is 5.02 Å². The van der Waals surface area contributed by atoms with Crippen LogP contribution in [-0.2, 0) is 39.4 Å². The predicted molar refractivity (Wildman–Crippen MR) is 95.8 cm³/mol. The number of aryl methyl sites for hydroxylation is 1. The standard InChI is InChI=1S/C14H11ClF7N3O4S2/c1-24-12(14(20,21)22)10(13(17,18)19)11(23-24)6-4-9(7(15)5-8(6)16)25(30(2,26)27)31(3,28)29/h4-5H,1-3H3. The molecule has 17 heteroatoms. The summed E-state index contributed by atoms with van der Waals surface area (Å²) in [5.74, 6) is -1.60. The molecule has 0 radical (unpaired) electrons. The van der Waals surface area contributed by atoms with Crippen LogP contribution in [0.1, 0.15) is 11.3 Å². The molecular formula is C14H11ClF7N3O4S2. The number of aromatic nitrogens is 2. The second kappa shape index (κ2) is 7.51. The van der Waals surface area contributed by atoms with Crippen LogP contribution >= 0.6 is 11.6 Å². The van der Waals surface area contributed by atoms with Gasteiger partial charge in [-0.15, -0.1) is 0 Å². The number of anilines is 1. The third kappa shape index (κ3) is 4.90. The minimum atomic E-state index is -5.66. The van der Waals surface area contributed by atoms with Gasteiger partial charge in [0.25, 0.3) is 0 Å². The zero-order chi connectivity index (χ0) is 24.3. The molecule has 7 nitrogen and oxygen atoms in total. The van der Waals surface area contributed by atoms with Gasteiger partial charge < -0.3 is 0 Å². The second-order valence-electron chi connectivity index (χ2n) is 6.20. The van der Waals surface area contributed by atoms with Crippen molar-refractivity contribution in [3.8, 4) is 11.3 Å². The van der Waals surface area contributed by atoms with Gasteiger partial charge in [-0.2, -0.15) is 35.2 Å². The summed E-state index contributed by atoms with van der Waals surface area (Å²) in [7, 11) is -8.79. The van der Waals surface area contributed by atoms with Gasteiger partial charge in [0.05, 0.1) is 23.2 Å². The van der Waals surface area contributed by atoms with Crippen LogP contribution in [-0.4, -0.2) is 39.1 Å². The number of hydrogen-bond donors (Lipinski definition) is 0. The first-order valence-electron chi connectivity index (χ1n) is 7.58. The van der Waals surface area contributed by atoms with Gasteiger partial charge in [0.2, 0.25) is 20.0 Å². The molecule has 0 unspecified atom stereocenters. The highest BCUT2D eigenvalue weighted by molar-refractivity contribution is 8.09. The molecule has 0 N–H and O–H groups in total. The average molecular weight is 518 g/mol. The van der Waals surface area contributed by atoms with Gasteiger partial charge in [0.1, 0.15) is 17.1 Å². The maximum Gasteiger partial charge on any atom is 0.433 e. The van der Waals surface area contributed by atoms with Crippen molar-refractivity contribution in [2.75, 3.05) is 16.2 Å². The van der Waals surface area contributed by atoms with Gasteiger partial charge in [0, 0.05) is 12.6 Å². The Morgan fingerprint density at radius 1 is 0.968 bits per heavy atom. The van der Waals surface area contributed by atoms with Crippen LogP contribution in [0.3, 0.4) is 0 Å². The van der Waals surface area contributed by atoms with Gasteiger partial charge in [-0.1, -0.05) is 11.6 Å². The first-order valence-corrected chi connectivity index (χ1v) is 11.7. The lowest BCUT2D eigenvalue weighted by molar-refractivity contribution is -0.165. The van der Waals surface area contributed by atoms with E-state index in [0.717, 1.165) is 0 Å². The summed E-state index contributed by atoms with van der Waals surface area (Å²) in [6.07, 6.45) is -10.4. The van der Waals surface area contributed by atoms with Crippen molar-refractivity contribution in [2.45, 2.75) is 12.4 Å². The number of alkyl halides is 6. The first kappa shape index (κ1) is 25.2. The van der Waals surface area contributed by atoms with Gasteiger partial charge in [0.15, 0.2) is 5.69 Å². The SMILES string of the molecule is Cn1nc(-c2cc(N(S(C)(=O)=O)S(C)(=O)=O)c(Cl)cc2F)c(C(F)(F)F)c1C(F)(F)F. The molecule has 0 fully saturated rings. The molecule has 2 rings (SSSR count). The van der Waals surface area contributed by atoms with E-state index < -0.39 is 71.4 Å². The van der Waals surface area contributed by atoms with Crippen LogP contribution in [0.25, 0.3) is 11.3 Å². The Morgan fingerprint density at radius 2 is 1.45 bits per heavy atom. The summed E-state index contributed by atoms with van der Waals surface area (Å²) in [6, 6.07) is 0.523. The molecule has 31 heavy (non-hydrogen) atoms. The molecule has 0 spiro atoms. The number of benzene rings is 1. The molecular weight excluding hydrogens is 507 g/mol. The van der Waals surface area contributed by atoms with E-state index in [1.54, 1.807) is 0 Å².